The fraction of sp³-hybridized carbons (Fsp3) is 0.167. The predicted molar refractivity (Wildman–Crippen MR) is 116 cm³/mol. The van der Waals surface area contributed by atoms with E-state index in [1.165, 1.54) is 7.11 Å². The minimum atomic E-state index is -0.839. The maximum atomic E-state index is 13.0. The number of anilines is 1. The van der Waals surface area contributed by atoms with Gasteiger partial charge in [-0.05, 0) is 42.3 Å². The van der Waals surface area contributed by atoms with Gasteiger partial charge in [-0.1, -0.05) is 54.6 Å². The highest BCUT2D eigenvalue weighted by atomic mass is 16.6. The molecular weight excluding hydrogens is 380 g/mol. The van der Waals surface area contributed by atoms with E-state index >= 15 is 0 Å². The number of rotatable bonds is 7. The molecule has 0 radical (unpaired) electrons. The van der Waals surface area contributed by atoms with Crippen molar-refractivity contribution >= 4 is 17.7 Å². The quantitative estimate of drug-likeness (QED) is 0.614. The van der Waals surface area contributed by atoms with Crippen molar-refractivity contribution in [2.75, 3.05) is 12.4 Å². The van der Waals surface area contributed by atoms with E-state index in [4.69, 9.17) is 9.47 Å². The molecule has 0 aliphatic heterocycles. The topological polar surface area (TPSA) is 76.7 Å². The van der Waals surface area contributed by atoms with Crippen molar-refractivity contribution in [2.24, 2.45) is 0 Å². The lowest BCUT2D eigenvalue weighted by molar-refractivity contribution is -0.118. The third-order valence-electron chi connectivity index (χ3n) is 4.46. The van der Waals surface area contributed by atoms with Gasteiger partial charge in [-0.3, -0.25) is 4.79 Å². The Balaban J connectivity index is 1.77. The molecule has 3 aromatic rings. The number of benzene rings is 3. The summed E-state index contributed by atoms with van der Waals surface area (Å²) in [6.45, 7) is 1.92. The van der Waals surface area contributed by atoms with E-state index in [1.807, 2.05) is 55.5 Å². The summed E-state index contributed by atoms with van der Waals surface area (Å²) in [7, 11) is 1.54. The van der Waals surface area contributed by atoms with Gasteiger partial charge in [0.25, 0.3) is 0 Å². The van der Waals surface area contributed by atoms with Crippen LogP contribution in [0.4, 0.5) is 10.5 Å². The Morgan fingerprint density at radius 2 is 1.60 bits per heavy atom. The SMILES string of the molecule is COc1ccc(C)cc1NC(=O)[C@H](Cc1ccccc1)NC(=O)Oc1ccccc1. The first-order valence-electron chi connectivity index (χ1n) is 9.58. The zero-order chi connectivity index (χ0) is 21.3. The van der Waals surface area contributed by atoms with E-state index in [0.717, 1.165) is 11.1 Å². The predicted octanol–water partition coefficient (Wildman–Crippen LogP) is 4.34. The summed E-state index contributed by atoms with van der Waals surface area (Å²) in [5.74, 6) is 0.571. The molecule has 0 heterocycles. The molecule has 3 aromatic carbocycles. The number of methoxy groups -OCH3 is 1. The van der Waals surface area contributed by atoms with Gasteiger partial charge in [0.15, 0.2) is 0 Å². The summed E-state index contributed by atoms with van der Waals surface area (Å²) in [6.07, 6.45) is -0.390. The average molecular weight is 404 g/mol. The second-order valence-electron chi connectivity index (χ2n) is 6.78. The Morgan fingerprint density at radius 1 is 0.933 bits per heavy atom. The smallest absolute Gasteiger partial charge is 0.413 e. The van der Waals surface area contributed by atoms with Crippen molar-refractivity contribution in [1.29, 1.82) is 0 Å². The number of carbonyl (C=O) groups excluding carboxylic acids is 2. The van der Waals surface area contributed by atoms with Crippen LogP contribution in [0.3, 0.4) is 0 Å². The average Bonchev–Trinajstić information content (AvgIpc) is 2.75. The molecule has 0 fully saturated rings. The van der Waals surface area contributed by atoms with Crippen molar-refractivity contribution in [1.82, 2.24) is 5.32 Å². The summed E-state index contributed by atoms with van der Waals surface area (Å²) in [5, 5.41) is 5.53. The molecular formula is C24H24N2O4. The van der Waals surface area contributed by atoms with Gasteiger partial charge in [0.1, 0.15) is 17.5 Å². The molecule has 2 amide bonds. The van der Waals surface area contributed by atoms with Gasteiger partial charge in [0.05, 0.1) is 12.8 Å². The Hall–Kier alpha value is -3.80. The minimum Gasteiger partial charge on any atom is -0.495 e. The molecule has 0 spiro atoms. The highest BCUT2D eigenvalue weighted by molar-refractivity contribution is 5.98. The molecule has 1 atom stereocenters. The van der Waals surface area contributed by atoms with Crippen LogP contribution in [-0.2, 0) is 11.2 Å². The summed E-state index contributed by atoms with van der Waals surface area (Å²) < 4.78 is 10.6. The van der Waals surface area contributed by atoms with E-state index in [1.54, 1.807) is 30.3 Å². The zero-order valence-electron chi connectivity index (χ0n) is 16.9. The van der Waals surface area contributed by atoms with E-state index in [9.17, 15) is 9.59 Å². The highest BCUT2D eigenvalue weighted by Crippen LogP contribution is 2.25. The third kappa shape index (κ3) is 5.85. The van der Waals surface area contributed by atoms with Gasteiger partial charge in [-0.25, -0.2) is 4.79 Å². The van der Waals surface area contributed by atoms with Crippen LogP contribution in [0.15, 0.2) is 78.9 Å². The van der Waals surface area contributed by atoms with Gasteiger partial charge in [0, 0.05) is 6.42 Å². The molecule has 0 aliphatic rings. The van der Waals surface area contributed by atoms with Gasteiger partial charge in [-0.2, -0.15) is 0 Å². The molecule has 0 aliphatic carbocycles. The first kappa shape index (κ1) is 20.9. The largest absolute Gasteiger partial charge is 0.495 e. The molecule has 154 valence electrons. The van der Waals surface area contributed by atoms with Crippen molar-refractivity contribution in [3.05, 3.63) is 90.0 Å². The number of nitrogens with one attached hydrogen (secondary N) is 2. The molecule has 0 saturated carbocycles. The maximum Gasteiger partial charge on any atom is 0.413 e. The first-order chi connectivity index (χ1) is 14.5. The zero-order valence-corrected chi connectivity index (χ0v) is 16.9. The van der Waals surface area contributed by atoms with Crippen LogP contribution >= 0.6 is 0 Å². The second-order valence-corrected chi connectivity index (χ2v) is 6.78. The lowest BCUT2D eigenvalue weighted by Gasteiger charge is -2.19. The molecule has 0 saturated heterocycles. The number of ether oxygens (including phenoxy) is 2. The van der Waals surface area contributed by atoms with Gasteiger partial charge in [0.2, 0.25) is 5.91 Å². The van der Waals surface area contributed by atoms with E-state index in [-0.39, 0.29) is 5.91 Å². The molecule has 6 nitrogen and oxygen atoms in total. The summed E-state index contributed by atoms with van der Waals surface area (Å²) >= 11 is 0. The number of hydrogen-bond acceptors (Lipinski definition) is 4. The lowest BCUT2D eigenvalue weighted by atomic mass is 10.1. The van der Waals surface area contributed by atoms with Crippen LogP contribution < -0.4 is 20.1 Å². The standard InChI is InChI=1S/C24H24N2O4/c1-17-13-14-22(29-2)20(15-17)25-23(27)21(16-18-9-5-3-6-10-18)26-24(28)30-19-11-7-4-8-12-19/h3-15,21H,16H2,1-2H3,(H,25,27)(H,26,28)/t21-/m0/s1. The summed E-state index contributed by atoms with van der Waals surface area (Å²) in [5.41, 5.74) is 2.43. The van der Waals surface area contributed by atoms with Crippen LogP contribution in [-0.4, -0.2) is 25.2 Å². The fourth-order valence-corrected chi connectivity index (χ4v) is 2.97. The molecule has 0 bridgehead atoms. The minimum absolute atomic E-state index is 0.310. The Labute approximate surface area is 175 Å². The van der Waals surface area contributed by atoms with Crippen LogP contribution in [0.25, 0.3) is 0 Å². The third-order valence-corrected chi connectivity index (χ3v) is 4.46. The number of carbonyl (C=O) groups is 2. The Bertz CT molecular complexity index is 991. The van der Waals surface area contributed by atoms with E-state index < -0.39 is 12.1 Å². The molecule has 2 N–H and O–H groups in total. The van der Waals surface area contributed by atoms with Gasteiger partial charge in [-0.15, -0.1) is 0 Å². The normalized spacial score (nSPS) is 11.3. The second kappa shape index (κ2) is 10.1. The van der Waals surface area contributed by atoms with Crippen molar-refractivity contribution in [3.63, 3.8) is 0 Å². The number of para-hydroxylation sites is 1. The molecule has 0 unspecified atom stereocenters. The summed E-state index contributed by atoms with van der Waals surface area (Å²) in [6, 6.07) is 22.8. The lowest BCUT2D eigenvalue weighted by Crippen LogP contribution is -2.46. The van der Waals surface area contributed by atoms with E-state index in [2.05, 4.69) is 10.6 Å². The van der Waals surface area contributed by atoms with Crippen LogP contribution in [0.5, 0.6) is 11.5 Å². The maximum absolute atomic E-state index is 13.0. The molecule has 6 heteroatoms. The van der Waals surface area contributed by atoms with Crippen LogP contribution in [0, 0.1) is 6.92 Å². The highest BCUT2D eigenvalue weighted by Gasteiger charge is 2.23. The van der Waals surface area contributed by atoms with E-state index in [0.29, 0.717) is 23.6 Å². The summed E-state index contributed by atoms with van der Waals surface area (Å²) in [4.78, 5) is 25.5. The van der Waals surface area contributed by atoms with Gasteiger partial charge < -0.3 is 20.1 Å². The first-order valence-corrected chi connectivity index (χ1v) is 9.58. The number of aryl methyl sites for hydroxylation is 1. The number of hydrogen-bond donors (Lipinski definition) is 2. The molecule has 30 heavy (non-hydrogen) atoms. The van der Waals surface area contributed by atoms with Gasteiger partial charge >= 0.3 is 6.09 Å². The molecule has 3 rings (SSSR count). The fourth-order valence-electron chi connectivity index (χ4n) is 2.97. The van der Waals surface area contributed by atoms with Crippen molar-refractivity contribution in [2.45, 2.75) is 19.4 Å². The van der Waals surface area contributed by atoms with Crippen LogP contribution in [0.2, 0.25) is 0 Å². The monoisotopic (exact) mass is 404 g/mol. The van der Waals surface area contributed by atoms with Crippen LogP contribution in [0.1, 0.15) is 11.1 Å². The van der Waals surface area contributed by atoms with Crippen molar-refractivity contribution in [3.8, 4) is 11.5 Å². The Kier molecular flexibility index (Phi) is 7.05. The molecule has 0 aromatic heterocycles. The number of amides is 2. The van der Waals surface area contributed by atoms with Crippen molar-refractivity contribution < 1.29 is 19.1 Å². The Morgan fingerprint density at radius 3 is 2.27 bits per heavy atom.